The van der Waals surface area contributed by atoms with Crippen LogP contribution in [0.25, 0.3) is 27.7 Å². The molecule has 4 aromatic rings. The lowest BCUT2D eigenvalue weighted by Gasteiger charge is -2.13. The minimum Gasteiger partial charge on any atom is -0.275 e. The summed E-state index contributed by atoms with van der Waals surface area (Å²) in [7, 11) is 0. The van der Waals surface area contributed by atoms with E-state index in [-0.39, 0.29) is 5.56 Å². The SMILES string of the molecule is O=c1c(-c2ccccc2)cc2cnc(Cl)cc2n1-c1cccnc1. The molecule has 0 fully saturated rings. The van der Waals surface area contributed by atoms with Crippen LogP contribution in [0.4, 0.5) is 0 Å². The molecule has 0 bridgehead atoms. The molecule has 3 aromatic heterocycles. The molecule has 4 nitrogen and oxygen atoms in total. The first-order valence-corrected chi connectivity index (χ1v) is 7.79. The zero-order valence-corrected chi connectivity index (χ0v) is 13.3. The quantitative estimate of drug-likeness (QED) is 0.519. The van der Waals surface area contributed by atoms with Crippen molar-refractivity contribution in [1.82, 2.24) is 14.5 Å². The zero-order valence-electron chi connectivity index (χ0n) is 12.6. The van der Waals surface area contributed by atoms with Crippen molar-refractivity contribution in [3.63, 3.8) is 0 Å². The fourth-order valence-corrected chi connectivity index (χ4v) is 2.90. The van der Waals surface area contributed by atoms with Crippen LogP contribution in [0.2, 0.25) is 5.15 Å². The Labute approximate surface area is 143 Å². The van der Waals surface area contributed by atoms with Gasteiger partial charge in [-0.1, -0.05) is 41.9 Å². The van der Waals surface area contributed by atoms with E-state index in [1.807, 2.05) is 42.5 Å². The molecule has 1 aromatic carbocycles. The Morgan fingerprint density at radius 3 is 2.54 bits per heavy atom. The van der Waals surface area contributed by atoms with Gasteiger partial charge in [-0.2, -0.15) is 0 Å². The van der Waals surface area contributed by atoms with Crippen molar-refractivity contribution >= 4 is 22.5 Å². The normalized spacial score (nSPS) is 10.9. The molecular weight excluding hydrogens is 322 g/mol. The Bertz CT molecular complexity index is 1080. The van der Waals surface area contributed by atoms with Crippen molar-refractivity contribution in [1.29, 1.82) is 0 Å². The Balaban J connectivity index is 2.13. The summed E-state index contributed by atoms with van der Waals surface area (Å²) in [5.41, 5.74) is 2.73. The van der Waals surface area contributed by atoms with Gasteiger partial charge in [-0.15, -0.1) is 0 Å². The van der Waals surface area contributed by atoms with E-state index in [0.717, 1.165) is 10.9 Å². The number of hydrogen-bond donors (Lipinski definition) is 0. The number of hydrogen-bond acceptors (Lipinski definition) is 3. The number of pyridine rings is 3. The Morgan fingerprint density at radius 2 is 1.79 bits per heavy atom. The summed E-state index contributed by atoms with van der Waals surface area (Å²) >= 11 is 6.05. The molecule has 0 aliphatic heterocycles. The number of fused-ring (bicyclic) bond motifs is 1. The van der Waals surface area contributed by atoms with Crippen molar-refractivity contribution < 1.29 is 0 Å². The van der Waals surface area contributed by atoms with E-state index in [9.17, 15) is 4.79 Å². The largest absolute Gasteiger partial charge is 0.275 e. The van der Waals surface area contributed by atoms with E-state index >= 15 is 0 Å². The molecule has 0 atom stereocenters. The van der Waals surface area contributed by atoms with Crippen molar-refractivity contribution in [3.05, 3.63) is 88.7 Å². The van der Waals surface area contributed by atoms with Crippen LogP contribution in [0.15, 0.2) is 78.0 Å². The monoisotopic (exact) mass is 333 g/mol. The highest BCUT2D eigenvalue weighted by Crippen LogP contribution is 2.24. The summed E-state index contributed by atoms with van der Waals surface area (Å²) in [6.07, 6.45) is 5.01. The van der Waals surface area contributed by atoms with E-state index in [1.54, 1.807) is 35.3 Å². The molecule has 0 saturated carbocycles. The van der Waals surface area contributed by atoms with E-state index in [2.05, 4.69) is 9.97 Å². The molecule has 0 saturated heterocycles. The highest BCUT2D eigenvalue weighted by atomic mass is 35.5. The van der Waals surface area contributed by atoms with Crippen molar-refractivity contribution in [3.8, 4) is 16.8 Å². The van der Waals surface area contributed by atoms with Gasteiger partial charge in [-0.25, -0.2) is 4.98 Å². The van der Waals surface area contributed by atoms with Gasteiger partial charge in [0.15, 0.2) is 0 Å². The zero-order chi connectivity index (χ0) is 16.5. The lowest BCUT2D eigenvalue weighted by Crippen LogP contribution is -2.20. The average molecular weight is 334 g/mol. The van der Waals surface area contributed by atoms with Gasteiger partial charge in [0.2, 0.25) is 0 Å². The number of benzene rings is 1. The molecule has 116 valence electrons. The van der Waals surface area contributed by atoms with Crippen LogP contribution in [0.5, 0.6) is 0 Å². The third-order valence-corrected chi connectivity index (χ3v) is 4.05. The van der Waals surface area contributed by atoms with Crippen LogP contribution in [-0.2, 0) is 0 Å². The maximum atomic E-state index is 13.2. The summed E-state index contributed by atoms with van der Waals surface area (Å²) in [5.74, 6) is 0. The molecular formula is C19H12ClN3O. The molecule has 0 N–H and O–H groups in total. The minimum atomic E-state index is -0.121. The predicted octanol–water partition coefficient (Wildman–Crippen LogP) is 4.10. The highest BCUT2D eigenvalue weighted by molar-refractivity contribution is 6.30. The van der Waals surface area contributed by atoms with E-state index in [0.29, 0.717) is 21.9 Å². The van der Waals surface area contributed by atoms with Crippen molar-refractivity contribution in [2.75, 3.05) is 0 Å². The minimum absolute atomic E-state index is 0.121. The second-order valence-electron chi connectivity index (χ2n) is 5.34. The molecule has 0 aliphatic rings. The van der Waals surface area contributed by atoms with Crippen LogP contribution in [-0.4, -0.2) is 14.5 Å². The van der Waals surface area contributed by atoms with Gasteiger partial charge < -0.3 is 0 Å². The highest BCUT2D eigenvalue weighted by Gasteiger charge is 2.13. The number of halogens is 1. The summed E-state index contributed by atoms with van der Waals surface area (Å²) < 4.78 is 1.62. The van der Waals surface area contributed by atoms with Crippen LogP contribution >= 0.6 is 11.6 Å². The first-order chi connectivity index (χ1) is 11.7. The summed E-state index contributed by atoms with van der Waals surface area (Å²) in [6, 6.07) is 16.8. The van der Waals surface area contributed by atoms with E-state index in [4.69, 9.17) is 11.6 Å². The van der Waals surface area contributed by atoms with Gasteiger partial charge in [-0.3, -0.25) is 14.3 Å². The molecule has 0 unspecified atom stereocenters. The third kappa shape index (κ3) is 2.47. The van der Waals surface area contributed by atoms with E-state index < -0.39 is 0 Å². The number of nitrogens with zero attached hydrogens (tertiary/aromatic N) is 3. The maximum Gasteiger partial charge on any atom is 0.263 e. The Hall–Kier alpha value is -2.98. The number of aromatic nitrogens is 3. The molecule has 0 radical (unpaired) electrons. The second-order valence-corrected chi connectivity index (χ2v) is 5.73. The van der Waals surface area contributed by atoms with Crippen LogP contribution in [0.3, 0.4) is 0 Å². The first kappa shape index (κ1) is 14.6. The number of rotatable bonds is 2. The summed E-state index contributed by atoms with van der Waals surface area (Å²) in [6.45, 7) is 0. The van der Waals surface area contributed by atoms with Gasteiger partial charge in [0.25, 0.3) is 5.56 Å². The fourth-order valence-electron chi connectivity index (χ4n) is 2.75. The molecule has 4 rings (SSSR count). The van der Waals surface area contributed by atoms with Gasteiger partial charge in [-0.05, 0) is 23.8 Å². The van der Waals surface area contributed by atoms with Gasteiger partial charge in [0.1, 0.15) is 5.15 Å². The standard InChI is InChI=1S/C19H12ClN3O/c20-18-10-17-14(11-22-18)9-16(13-5-2-1-3-6-13)19(24)23(17)15-7-4-8-21-12-15/h1-12H. The topological polar surface area (TPSA) is 47.8 Å². The van der Waals surface area contributed by atoms with Gasteiger partial charge in [0, 0.05) is 29.4 Å². The molecule has 0 amide bonds. The molecule has 5 heteroatoms. The third-order valence-electron chi connectivity index (χ3n) is 3.84. The molecule has 24 heavy (non-hydrogen) atoms. The second kappa shape index (κ2) is 5.91. The van der Waals surface area contributed by atoms with Crippen LogP contribution in [0.1, 0.15) is 0 Å². The van der Waals surface area contributed by atoms with Gasteiger partial charge >= 0.3 is 0 Å². The lowest BCUT2D eigenvalue weighted by molar-refractivity contribution is 1.03. The molecule has 0 aliphatic carbocycles. The average Bonchev–Trinajstić information content (AvgIpc) is 2.63. The summed E-state index contributed by atoms with van der Waals surface area (Å²) in [5, 5.41) is 1.17. The van der Waals surface area contributed by atoms with E-state index in [1.165, 1.54) is 0 Å². The maximum absolute atomic E-state index is 13.2. The van der Waals surface area contributed by atoms with Gasteiger partial charge in [0.05, 0.1) is 17.4 Å². The van der Waals surface area contributed by atoms with Crippen molar-refractivity contribution in [2.45, 2.75) is 0 Å². The lowest BCUT2D eigenvalue weighted by atomic mass is 10.1. The summed E-state index contributed by atoms with van der Waals surface area (Å²) in [4.78, 5) is 21.4. The fraction of sp³-hybridized carbons (Fsp3) is 0. The molecule has 3 heterocycles. The smallest absolute Gasteiger partial charge is 0.263 e. The molecule has 0 spiro atoms. The van der Waals surface area contributed by atoms with Crippen molar-refractivity contribution in [2.24, 2.45) is 0 Å². The Kier molecular flexibility index (Phi) is 3.59. The van der Waals surface area contributed by atoms with Crippen LogP contribution < -0.4 is 5.56 Å². The first-order valence-electron chi connectivity index (χ1n) is 7.41. The predicted molar refractivity (Wildman–Crippen MR) is 95.6 cm³/mol. The van der Waals surface area contributed by atoms with Crippen LogP contribution in [0, 0.1) is 0 Å². The Morgan fingerprint density at radius 1 is 0.958 bits per heavy atom.